The van der Waals surface area contributed by atoms with E-state index in [0.29, 0.717) is 28.2 Å². The van der Waals surface area contributed by atoms with Crippen molar-refractivity contribution in [1.29, 1.82) is 0 Å². The van der Waals surface area contributed by atoms with Crippen molar-refractivity contribution in [2.75, 3.05) is 30.3 Å². The van der Waals surface area contributed by atoms with Gasteiger partial charge in [0, 0.05) is 25.2 Å². The summed E-state index contributed by atoms with van der Waals surface area (Å²) in [4.78, 5) is 19.9. The summed E-state index contributed by atoms with van der Waals surface area (Å²) in [5.41, 5.74) is 8.42. The summed E-state index contributed by atoms with van der Waals surface area (Å²) in [6, 6.07) is 5.53. The molecule has 1 atom stereocenters. The molecule has 2 fully saturated rings. The molecule has 0 radical (unpaired) electrons. The van der Waals surface area contributed by atoms with Crippen LogP contribution in [0.3, 0.4) is 0 Å². The fourth-order valence-electron chi connectivity index (χ4n) is 4.49. The fourth-order valence-corrected chi connectivity index (χ4v) is 4.67. The predicted molar refractivity (Wildman–Crippen MR) is 113 cm³/mol. The molecule has 28 heavy (non-hydrogen) atoms. The number of ether oxygens (including phenoxy) is 1. The molecule has 2 aliphatic heterocycles. The van der Waals surface area contributed by atoms with E-state index >= 15 is 0 Å². The Morgan fingerprint density at radius 3 is 2.64 bits per heavy atom. The average Bonchev–Trinajstić information content (AvgIpc) is 3.02. The monoisotopic (exact) mass is 402 g/mol. The Kier molecular flexibility index (Phi) is 4.88. The van der Waals surface area contributed by atoms with Crippen molar-refractivity contribution in [1.82, 2.24) is 9.55 Å². The molecule has 2 aromatic rings. The van der Waals surface area contributed by atoms with E-state index in [9.17, 15) is 4.79 Å². The summed E-state index contributed by atoms with van der Waals surface area (Å²) < 4.78 is 7.41. The van der Waals surface area contributed by atoms with Crippen LogP contribution in [0.1, 0.15) is 31.7 Å². The molecule has 2 saturated heterocycles. The zero-order chi connectivity index (χ0) is 20.1. The molecule has 0 aliphatic carbocycles. The molecule has 2 N–H and O–H groups in total. The Hall–Kier alpha value is -2.05. The Labute approximate surface area is 170 Å². The molecule has 3 heterocycles. The van der Waals surface area contributed by atoms with Crippen molar-refractivity contribution >= 4 is 23.4 Å². The van der Waals surface area contributed by atoms with Gasteiger partial charge in [-0.25, -0.2) is 0 Å². The van der Waals surface area contributed by atoms with E-state index in [2.05, 4.69) is 16.8 Å². The van der Waals surface area contributed by atoms with Gasteiger partial charge in [-0.2, -0.15) is 4.98 Å². The van der Waals surface area contributed by atoms with E-state index in [0.717, 1.165) is 44.5 Å². The molecule has 2 aliphatic rings. The summed E-state index contributed by atoms with van der Waals surface area (Å²) in [7, 11) is 1.76. The number of benzene rings is 1. The highest BCUT2D eigenvalue weighted by atomic mass is 35.5. The lowest BCUT2D eigenvalue weighted by Gasteiger charge is -2.39. The Balaban J connectivity index is 1.63. The van der Waals surface area contributed by atoms with Crippen LogP contribution in [0.5, 0.6) is 0 Å². The summed E-state index contributed by atoms with van der Waals surface area (Å²) in [6.07, 6.45) is 3.54. The molecule has 0 saturated carbocycles. The Morgan fingerprint density at radius 2 is 2.04 bits per heavy atom. The van der Waals surface area contributed by atoms with Gasteiger partial charge in [-0.05, 0) is 55.7 Å². The number of nitrogen functional groups attached to an aromatic ring is 1. The van der Waals surface area contributed by atoms with E-state index in [-0.39, 0.29) is 16.8 Å². The smallest absolute Gasteiger partial charge is 0.264 e. The van der Waals surface area contributed by atoms with Crippen molar-refractivity contribution in [3.63, 3.8) is 0 Å². The first-order chi connectivity index (χ1) is 13.3. The van der Waals surface area contributed by atoms with Crippen molar-refractivity contribution in [2.24, 2.45) is 12.5 Å². The lowest BCUT2D eigenvalue weighted by Crippen LogP contribution is -2.43. The molecule has 1 aromatic heterocycles. The minimum Gasteiger partial charge on any atom is -0.383 e. The van der Waals surface area contributed by atoms with Crippen LogP contribution in [0.2, 0.25) is 5.02 Å². The number of hydrogen-bond donors (Lipinski definition) is 1. The highest BCUT2D eigenvalue weighted by Gasteiger charge is 2.41. The third-order valence-electron chi connectivity index (χ3n) is 6.26. The third-order valence-corrected chi connectivity index (χ3v) is 6.66. The van der Waals surface area contributed by atoms with E-state index < -0.39 is 0 Å². The highest BCUT2D eigenvalue weighted by molar-refractivity contribution is 6.31. The summed E-state index contributed by atoms with van der Waals surface area (Å²) >= 11 is 6.24. The predicted octanol–water partition coefficient (Wildman–Crippen LogP) is 3.39. The maximum Gasteiger partial charge on any atom is 0.264 e. The number of nitrogens with two attached hydrogens (primary N) is 1. The summed E-state index contributed by atoms with van der Waals surface area (Å²) in [6.45, 7) is 6.61. The largest absolute Gasteiger partial charge is 0.383 e. The first-order valence-electron chi connectivity index (χ1n) is 9.79. The maximum atomic E-state index is 13.1. The number of hydrogen-bond acceptors (Lipinski definition) is 5. The number of piperidine rings is 1. The molecule has 1 aromatic carbocycles. The van der Waals surface area contributed by atoms with Crippen LogP contribution in [0.15, 0.2) is 23.0 Å². The van der Waals surface area contributed by atoms with Gasteiger partial charge in [0.25, 0.3) is 5.56 Å². The van der Waals surface area contributed by atoms with Crippen LogP contribution >= 0.6 is 11.6 Å². The van der Waals surface area contributed by atoms with Gasteiger partial charge in [-0.15, -0.1) is 0 Å². The molecular weight excluding hydrogens is 376 g/mol. The molecule has 1 spiro atoms. The van der Waals surface area contributed by atoms with Crippen molar-refractivity contribution < 1.29 is 4.74 Å². The average molecular weight is 403 g/mol. The van der Waals surface area contributed by atoms with Crippen molar-refractivity contribution in [3.8, 4) is 11.1 Å². The van der Waals surface area contributed by atoms with Gasteiger partial charge < -0.3 is 15.4 Å². The minimum absolute atomic E-state index is 0.152. The van der Waals surface area contributed by atoms with E-state index in [1.807, 2.05) is 19.1 Å². The summed E-state index contributed by atoms with van der Waals surface area (Å²) in [5.74, 6) is 0.877. The normalized spacial score (nSPS) is 21.4. The molecule has 4 rings (SSSR count). The van der Waals surface area contributed by atoms with Crippen LogP contribution in [-0.2, 0) is 11.8 Å². The van der Waals surface area contributed by atoms with Crippen LogP contribution in [0.4, 0.5) is 11.8 Å². The van der Waals surface area contributed by atoms with E-state index in [1.54, 1.807) is 17.7 Å². The van der Waals surface area contributed by atoms with Gasteiger partial charge >= 0.3 is 0 Å². The van der Waals surface area contributed by atoms with Crippen LogP contribution in [0.25, 0.3) is 11.1 Å². The first-order valence-corrected chi connectivity index (χ1v) is 10.2. The van der Waals surface area contributed by atoms with Gasteiger partial charge in [-0.3, -0.25) is 9.36 Å². The fraction of sp³-hybridized carbons (Fsp3) is 0.524. The van der Waals surface area contributed by atoms with Crippen LogP contribution in [0, 0.1) is 12.3 Å². The standard InChI is InChI=1S/C21H27ClN4O2/c1-13-4-5-15(10-16(13)22)17-18(23)24-20(25(3)19(17)27)26-8-6-21(7-9-26)11-14(2)28-12-21/h4-5,10,14H,6-9,11-12,23H2,1-3H3/t14-/m0/s1. The lowest BCUT2D eigenvalue weighted by molar-refractivity contribution is 0.0974. The van der Waals surface area contributed by atoms with Crippen LogP contribution in [-0.4, -0.2) is 35.4 Å². The number of nitrogens with zero attached hydrogens (tertiary/aromatic N) is 3. The SMILES string of the molecule is Cc1ccc(-c2c(N)nc(N3CCC4(CC3)CO[C@@H](C)C4)n(C)c2=O)cc1Cl. The van der Waals surface area contributed by atoms with E-state index in [1.165, 1.54) is 0 Å². The molecule has 0 unspecified atom stereocenters. The second kappa shape index (κ2) is 7.08. The zero-order valence-corrected chi connectivity index (χ0v) is 17.4. The molecule has 0 amide bonds. The van der Waals surface area contributed by atoms with Gasteiger partial charge in [0.2, 0.25) is 5.95 Å². The first kappa shape index (κ1) is 19.3. The lowest BCUT2D eigenvalue weighted by atomic mass is 9.77. The van der Waals surface area contributed by atoms with Crippen LogP contribution < -0.4 is 16.2 Å². The van der Waals surface area contributed by atoms with Gasteiger partial charge in [0.1, 0.15) is 5.82 Å². The second-order valence-corrected chi connectivity index (χ2v) is 8.72. The van der Waals surface area contributed by atoms with Crippen molar-refractivity contribution in [3.05, 3.63) is 39.1 Å². The number of rotatable bonds is 2. The zero-order valence-electron chi connectivity index (χ0n) is 16.7. The number of halogens is 1. The topological polar surface area (TPSA) is 73.4 Å². The van der Waals surface area contributed by atoms with E-state index in [4.69, 9.17) is 22.1 Å². The third kappa shape index (κ3) is 3.29. The molecule has 0 bridgehead atoms. The van der Waals surface area contributed by atoms with Gasteiger partial charge in [0.05, 0.1) is 18.3 Å². The molecule has 150 valence electrons. The molecule has 6 nitrogen and oxygen atoms in total. The second-order valence-electron chi connectivity index (χ2n) is 8.31. The maximum absolute atomic E-state index is 13.1. The van der Waals surface area contributed by atoms with Gasteiger partial charge in [-0.1, -0.05) is 23.7 Å². The summed E-state index contributed by atoms with van der Waals surface area (Å²) in [5, 5.41) is 0.609. The molecule has 7 heteroatoms. The quantitative estimate of drug-likeness (QED) is 0.833. The Bertz CT molecular complexity index is 964. The molecular formula is C21H27ClN4O2. The van der Waals surface area contributed by atoms with Gasteiger partial charge in [0.15, 0.2) is 0 Å². The highest BCUT2D eigenvalue weighted by Crippen LogP contribution is 2.42. The number of aromatic nitrogens is 2. The number of aryl methyl sites for hydroxylation is 1. The van der Waals surface area contributed by atoms with Crippen molar-refractivity contribution in [2.45, 2.75) is 39.2 Å². The minimum atomic E-state index is -0.152. The number of anilines is 2. The Morgan fingerprint density at radius 1 is 1.32 bits per heavy atom.